The molecule has 0 aliphatic heterocycles. The number of carbonyl (C=O) groups excluding carboxylic acids is 1. The van der Waals surface area contributed by atoms with Crippen LogP contribution in [-0.4, -0.2) is 29.0 Å². The van der Waals surface area contributed by atoms with Gasteiger partial charge >= 0.3 is 6.18 Å². The second kappa shape index (κ2) is 8.28. The summed E-state index contributed by atoms with van der Waals surface area (Å²) in [6.07, 6.45) is -1.28. The van der Waals surface area contributed by atoms with Crippen LogP contribution in [0.1, 0.15) is 17.7 Å². The first-order chi connectivity index (χ1) is 11.5. The molecule has 0 aliphatic rings. The third-order valence-electron chi connectivity index (χ3n) is 3.20. The average molecular weight is 338 g/mol. The van der Waals surface area contributed by atoms with E-state index in [1.807, 2.05) is 6.07 Å². The molecule has 0 atom stereocenters. The molecule has 2 heterocycles. The minimum Gasteiger partial charge on any atom is -0.370 e. The topological polar surface area (TPSA) is 66.9 Å². The Bertz CT molecular complexity index is 662. The van der Waals surface area contributed by atoms with Gasteiger partial charge in [-0.15, -0.1) is 0 Å². The van der Waals surface area contributed by atoms with E-state index in [4.69, 9.17) is 0 Å². The van der Waals surface area contributed by atoms with Crippen LogP contribution in [0.3, 0.4) is 0 Å². The van der Waals surface area contributed by atoms with Crippen LogP contribution in [-0.2, 0) is 17.4 Å². The van der Waals surface area contributed by atoms with Crippen LogP contribution < -0.4 is 10.6 Å². The van der Waals surface area contributed by atoms with Crippen molar-refractivity contribution in [3.63, 3.8) is 0 Å². The number of anilines is 1. The van der Waals surface area contributed by atoms with E-state index in [0.717, 1.165) is 6.07 Å². The Morgan fingerprint density at radius 1 is 1.04 bits per heavy atom. The zero-order valence-corrected chi connectivity index (χ0v) is 12.8. The highest BCUT2D eigenvalue weighted by Gasteiger charge is 2.33. The number of nitrogens with zero attached hydrogens (tertiary/aromatic N) is 2. The first-order valence-electron chi connectivity index (χ1n) is 7.39. The van der Waals surface area contributed by atoms with E-state index < -0.39 is 11.7 Å². The van der Waals surface area contributed by atoms with Gasteiger partial charge in [0.15, 0.2) is 0 Å². The Hall–Kier alpha value is -2.64. The lowest BCUT2D eigenvalue weighted by atomic mass is 10.1. The minimum absolute atomic E-state index is 0.0229. The first kappa shape index (κ1) is 17.7. The van der Waals surface area contributed by atoms with Crippen molar-refractivity contribution >= 4 is 11.7 Å². The molecule has 0 bridgehead atoms. The summed E-state index contributed by atoms with van der Waals surface area (Å²) in [4.78, 5) is 19.5. The Morgan fingerprint density at radius 3 is 2.54 bits per heavy atom. The predicted octanol–water partition coefficient (Wildman–Crippen LogP) is 2.66. The number of pyridine rings is 2. The number of halogens is 3. The van der Waals surface area contributed by atoms with E-state index in [-0.39, 0.29) is 31.0 Å². The van der Waals surface area contributed by atoms with Gasteiger partial charge < -0.3 is 10.6 Å². The number of nitrogens with one attached hydrogen (secondary N) is 2. The second-order valence-electron chi connectivity index (χ2n) is 4.99. The molecule has 0 aliphatic carbocycles. The van der Waals surface area contributed by atoms with Gasteiger partial charge in [-0.3, -0.25) is 9.78 Å². The van der Waals surface area contributed by atoms with Crippen molar-refractivity contribution in [1.29, 1.82) is 0 Å². The van der Waals surface area contributed by atoms with Gasteiger partial charge in [-0.2, -0.15) is 13.2 Å². The molecule has 0 saturated heterocycles. The summed E-state index contributed by atoms with van der Waals surface area (Å²) in [6.45, 7) is 0.489. The summed E-state index contributed by atoms with van der Waals surface area (Å²) in [7, 11) is 0. The van der Waals surface area contributed by atoms with Crippen LogP contribution in [0, 0.1) is 0 Å². The Balaban J connectivity index is 1.73. The smallest absolute Gasteiger partial charge is 0.370 e. The maximum absolute atomic E-state index is 12.8. The lowest BCUT2D eigenvalue weighted by molar-refractivity contribution is -0.138. The standard InChI is InChI=1S/C16H17F3N4O/c17-16(18,19)12-4-3-9-20-13(12)6-10-23-15(24)7-11-22-14-5-1-2-8-21-14/h1-5,8-9H,6-7,10-11H2,(H,21,22)(H,23,24). The van der Waals surface area contributed by atoms with Crippen LogP contribution in [0.5, 0.6) is 0 Å². The maximum Gasteiger partial charge on any atom is 0.418 e. The Labute approximate surface area is 137 Å². The molecule has 2 N–H and O–H groups in total. The molecule has 128 valence electrons. The second-order valence-corrected chi connectivity index (χ2v) is 4.99. The molecule has 2 aromatic heterocycles. The van der Waals surface area contributed by atoms with Gasteiger partial charge in [0.05, 0.1) is 11.3 Å². The van der Waals surface area contributed by atoms with Gasteiger partial charge in [0, 0.05) is 38.3 Å². The molecule has 2 aromatic rings. The van der Waals surface area contributed by atoms with Gasteiger partial charge in [-0.1, -0.05) is 6.07 Å². The summed E-state index contributed by atoms with van der Waals surface area (Å²) in [6, 6.07) is 7.61. The Morgan fingerprint density at radius 2 is 1.83 bits per heavy atom. The number of carbonyl (C=O) groups is 1. The molecule has 0 radical (unpaired) electrons. The molecule has 24 heavy (non-hydrogen) atoms. The molecule has 0 fully saturated rings. The minimum atomic E-state index is -4.44. The van der Waals surface area contributed by atoms with E-state index in [0.29, 0.717) is 12.4 Å². The monoisotopic (exact) mass is 338 g/mol. The summed E-state index contributed by atoms with van der Waals surface area (Å²) < 4.78 is 38.5. The van der Waals surface area contributed by atoms with E-state index >= 15 is 0 Å². The lowest BCUT2D eigenvalue weighted by Crippen LogP contribution is -2.28. The van der Waals surface area contributed by atoms with E-state index in [2.05, 4.69) is 20.6 Å². The van der Waals surface area contributed by atoms with E-state index in [9.17, 15) is 18.0 Å². The molecule has 0 spiro atoms. The first-order valence-corrected chi connectivity index (χ1v) is 7.39. The molecule has 0 aromatic carbocycles. The van der Waals surface area contributed by atoms with Crippen molar-refractivity contribution in [1.82, 2.24) is 15.3 Å². The van der Waals surface area contributed by atoms with Crippen LogP contribution in [0.4, 0.5) is 19.0 Å². The molecule has 0 saturated carbocycles. The highest BCUT2D eigenvalue weighted by Crippen LogP contribution is 2.30. The van der Waals surface area contributed by atoms with Crippen molar-refractivity contribution in [2.45, 2.75) is 19.0 Å². The summed E-state index contributed by atoms with van der Waals surface area (Å²) >= 11 is 0. The molecule has 8 heteroatoms. The zero-order chi connectivity index (χ0) is 17.4. The van der Waals surface area contributed by atoms with Gasteiger partial charge in [0.1, 0.15) is 5.82 Å². The van der Waals surface area contributed by atoms with Gasteiger partial charge in [0.2, 0.25) is 5.91 Å². The van der Waals surface area contributed by atoms with Crippen LogP contribution >= 0.6 is 0 Å². The fraction of sp³-hybridized carbons (Fsp3) is 0.312. The number of rotatable bonds is 7. The number of amides is 1. The Kier molecular flexibility index (Phi) is 6.11. The van der Waals surface area contributed by atoms with Crippen LogP contribution in [0.15, 0.2) is 42.7 Å². The average Bonchev–Trinajstić information content (AvgIpc) is 2.55. The van der Waals surface area contributed by atoms with E-state index in [1.54, 1.807) is 18.3 Å². The fourth-order valence-electron chi connectivity index (χ4n) is 2.08. The number of hydrogen-bond donors (Lipinski definition) is 2. The summed E-state index contributed by atoms with van der Waals surface area (Å²) in [5, 5.41) is 5.57. The van der Waals surface area contributed by atoms with E-state index in [1.165, 1.54) is 12.3 Å². The third kappa shape index (κ3) is 5.53. The summed E-state index contributed by atoms with van der Waals surface area (Å²) in [5.74, 6) is 0.413. The molecule has 1 amide bonds. The number of hydrogen-bond acceptors (Lipinski definition) is 4. The van der Waals surface area contributed by atoms with Gasteiger partial charge in [0.25, 0.3) is 0 Å². The third-order valence-corrected chi connectivity index (χ3v) is 3.20. The van der Waals surface area contributed by atoms with Crippen LogP contribution in [0.25, 0.3) is 0 Å². The van der Waals surface area contributed by atoms with Crippen molar-refractivity contribution in [3.8, 4) is 0 Å². The highest BCUT2D eigenvalue weighted by atomic mass is 19.4. The highest BCUT2D eigenvalue weighted by molar-refractivity contribution is 5.76. The number of aromatic nitrogens is 2. The van der Waals surface area contributed by atoms with Crippen molar-refractivity contribution in [2.75, 3.05) is 18.4 Å². The predicted molar refractivity (Wildman–Crippen MR) is 83.3 cm³/mol. The van der Waals surface area contributed by atoms with Crippen molar-refractivity contribution in [2.24, 2.45) is 0 Å². The quantitative estimate of drug-likeness (QED) is 0.814. The zero-order valence-electron chi connectivity index (χ0n) is 12.8. The molecular weight excluding hydrogens is 321 g/mol. The number of alkyl halides is 3. The molecule has 5 nitrogen and oxygen atoms in total. The van der Waals surface area contributed by atoms with Crippen molar-refractivity contribution < 1.29 is 18.0 Å². The molecule has 0 unspecified atom stereocenters. The molecular formula is C16H17F3N4O. The lowest BCUT2D eigenvalue weighted by Gasteiger charge is -2.12. The largest absolute Gasteiger partial charge is 0.418 e. The van der Waals surface area contributed by atoms with Gasteiger partial charge in [-0.05, 0) is 24.3 Å². The SMILES string of the molecule is O=C(CCNc1ccccn1)NCCc1ncccc1C(F)(F)F. The normalized spacial score (nSPS) is 11.1. The van der Waals surface area contributed by atoms with Crippen molar-refractivity contribution in [3.05, 3.63) is 54.0 Å². The fourth-order valence-corrected chi connectivity index (χ4v) is 2.08. The molecule has 2 rings (SSSR count). The van der Waals surface area contributed by atoms with Gasteiger partial charge in [-0.25, -0.2) is 4.98 Å². The summed E-state index contributed by atoms with van der Waals surface area (Å²) in [5.41, 5.74) is -0.840. The van der Waals surface area contributed by atoms with Crippen LogP contribution in [0.2, 0.25) is 0 Å². The maximum atomic E-state index is 12.8.